The molecular formula is C29H34N2O3. The van der Waals surface area contributed by atoms with Gasteiger partial charge in [0.1, 0.15) is 5.75 Å². The molecule has 0 atom stereocenters. The van der Waals surface area contributed by atoms with Gasteiger partial charge in [-0.15, -0.1) is 0 Å². The van der Waals surface area contributed by atoms with Gasteiger partial charge in [-0.3, -0.25) is 9.59 Å². The third-order valence-corrected chi connectivity index (χ3v) is 5.77. The van der Waals surface area contributed by atoms with Crippen LogP contribution in [-0.2, 0) is 4.79 Å². The molecule has 0 unspecified atom stereocenters. The molecule has 0 fully saturated rings. The minimum Gasteiger partial charge on any atom is -0.484 e. The van der Waals surface area contributed by atoms with Crippen LogP contribution in [0.4, 0.5) is 11.4 Å². The highest BCUT2D eigenvalue weighted by molar-refractivity contribution is 6.05. The highest BCUT2D eigenvalue weighted by atomic mass is 16.5. The molecule has 5 heteroatoms. The fourth-order valence-corrected chi connectivity index (χ4v) is 3.79. The molecule has 3 rings (SSSR count). The van der Waals surface area contributed by atoms with Crippen molar-refractivity contribution in [3.63, 3.8) is 0 Å². The zero-order valence-electron chi connectivity index (χ0n) is 20.9. The number of aryl methyl sites for hydroxylation is 2. The molecule has 0 saturated heterocycles. The molecule has 3 aromatic carbocycles. The molecule has 0 aliphatic carbocycles. The maximum atomic E-state index is 13.0. The summed E-state index contributed by atoms with van der Waals surface area (Å²) in [5.41, 5.74) is 6.51. The van der Waals surface area contributed by atoms with Crippen molar-refractivity contribution in [3.05, 3.63) is 88.5 Å². The van der Waals surface area contributed by atoms with Gasteiger partial charge in [0, 0.05) is 16.9 Å². The molecule has 178 valence electrons. The normalized spacial score (nSPS) is 10.9. The van der Waals surface area contributed by atoms with E-state index in [0.717, 1.165) is 33.6 Å². The number of benzene rings is 3. The number of hydrogen-bond donors (Lipinski definition) is 2. The number of ether oxygens (including phenoxy) is 1. The van der Waals surface area contributed by atoms with Crippen LogP contribution in [0.5, 0.6) is 5.75 Å². The predicted octanol–water partition coefficient (Wildman–Crippen LogP) is 6.82. The van der Waals surface area contributed by atoms with Gasteiger partial charge in [-0.05, 0) is 78.3 Å². The third-order valence-electron chi connectivity index (χ3n) is 5.77. The van der Waals surface area contributed by atoms with Crippen molar-refractivity contribution in [2.75, 3.05) is 17.2 Å². The lowest BCUT2D eigenvalue weighted by molar-refractivity contribution is -0.118. The molecule has 2 amide bonds. The number of amides is 2. The van der Waals surface area contributed by atoms with Crippen LogP contribution >= 0.6 is 0 Å². The van der Waals surface area contributed by atoms with E-state index in [-0.39, 0.29) is 18.4 Å². The van der Waals surface area contributed by atoms with Crippen molar-refractivity contribution in [2.45, 2.75) is 53.4 Å². The second-order valence-electron chi connectivity index (χ2n) is 9.25. The molecule has 0 spiro atoms. The van der Waals surface area contributed by atoms with Crippen molar-refractivity contribution in [1.82, 2.24) is 0 Å². The zero-order chi connectivity index (χ0) is 24.8. The summed E-state index contributed by atoms with van der Waals surface area (Å²) < 4.78 is 5.62. The minimum atomic E-state index is -0.234. The van der Waals surface area contributed by atoms with E-state index in [1.54, 1.807) is 24.3 Å². The molecule has 34 heavy (non-hydrogen) atoms. The van der Waals surface area contributed by atoms with Crippen molar-refractivity contribution in [1.29, 1.82) is 0 Å². The summed E-state index contributed by atoms with van der Waals surface area (Å²) in [5.74, 6) is 0.702. The molecule has 0 saturated carbocycles. The monoisotopic (exact) mass is 458 g/mol. The van der Waals surface area contributed by atoms with Gasteiger partial charge in [-0.25, -0.2) is 0 Å². The Morgan fingerprint density at radius 3 is 2.03 bits per heavy atom. The first kappa shape index (κ1) is 25.0. The lowest BCUT2D eigenvalue weighted by Gasteiger charge is -2.20. The Hall–Kier alpha value is -3.60. The fourth-order valence-electron chi connectivity index (χ4n) is 3.79. The van der Waals surface area contributed by atoms with Crippen LogP contribution < -0.4 is 15.4 Å². The van der Waals surface area contributed by atoms with E-state index in [2.05, 4.69) is 50.5 Å². The standard InChI is InChI=1S/C29H34N2O3/c1-18(2)24-8-7-9-25(19(3)4)28(24)31-29(33)22-12-14-23(15-13-22)34-17-27(32)30-26-16-20(5)10-11-21(26)6/h7-16,18-19H,17H2,1-6H3,(H,30,32)(H,31,33). The smallest absolute Gasteiger partial charge is 0.262 e. The number of hydrogen-bond acceptors (Lipinski definition) is 3. The second-order valence-corrected chi connectivity index (χ2v) is 9.25. The first-order valence-corrected chi connectivity index (χ1v) is 11.7. The van der Waals surface area contributed by atoms with Gasteiger partial charge < -0.3 is 15.4 Å². The molecule has 3 aromatic rings. The van der Waals surface area contributed by atoms with Gasteiger partial charge >= 0.3 is 0 Å². The first-order valence-electron chi connectivity index (χ1n) is 11.7. The second kappa shape index (κ2) is 11.0. The average molecular weight is 459 g/mol. The largest absolute Gasteiger partial charge is 0.484 e. The number of nitrogens with one attached hydrogen (secondary N) is 2. The summed E-state index contributed by atoms with van der Waals surface area (Å²) in [4.78, 5) is 25.3. The van der Waals surface area contributed by atoms with Crippen LogP contribution in [0.2, 0.25) is 0 Å². The van der Waals surface area contributed by atoms with Crippen LogP contribution in [0, 0.1) is 13.8 Å². The Labute approximate surface area is 202 Å². The molecule has 2 N–H and O–H groups in total. The van der Waals surface area contributed by atoms with Gasteiger partial charge in [0.2, 0.25) is 0 Å². The highest BCUT2D eigenvalue weighted by Gasteiger charge is 2.17. The van der Waals surface area contributed by atoms with Crippen molar-refractivity contribution in [3.8, 4) is 5.75 Å². The van der Waals surface area contributed by atoms with E-state index < -0.39 is 0 Å². The Balaban J connectivity index is 1.64. The summed E-state index contributed by atoms with van der Waals surface area (Å²) in [7, 11) is 0. The number of carbonyl (C=O) groups is 2. The quantitative estimate of drug-likeness (QED) is 0.389. The maximum Gasteiger partial charge on any atom is 0.262 e. The number of para-hydroxylation sites is 1. The Kier molecular flexibility index (Phi) is 8.11. The van der Waals surface area contributed by atoms with Crippen molar-refractivity contribution < 1.29 is 14.3 Å². The lowest BCUT2D eigenvalue weighted by Crippen LogP contribution is -2.20. The number of anilines is 2. The van der Waals surface area contributed by atoms with Crippen LogP contribution in [0.1, 0.15) is 72.1 Å². The summed E-state index contributed by atoms with van der Waals surface area (Å²) in [6, 6.07) is 18.9. The van der Waals surface area contributed by atoms with Gasteiger partial charge in [-0.2, -0.15) is 0 Å². The van der Waals surface area contributed by atoms with E-state index in [1.807, 2.05) is 38.1 Å². The molecule has 0 heterocycles. The van der Waals surface area contributed by atoms with Gasteiger partial charge in [0.15, 0.2) is 6.61 Å². The molecule has 0 radical (unpaired) electrons. The van der Waals surface area contributed by atoms with Crippen molar-refractivity contribution in [2.24, 2.45) is 0 Å². The summed E-state index contributed by atoms with van der Waals surface area (Å²) in [5, 5.41) is 6.00. The Morgan fingerprint density at radius 2 is 1.44 bits per heavy atom. The zero-order valence-corrected chi connectivity index (χ0v) is 20.9. The summed E-state index contributed by atoms with van der Waals surface area (Å²) in [6.45, 7) is 12.3. The Morgan fingerprint density at radius 1 is 0.824 bits per heavy atom. The van der Waals surface area contributed by atoms with Gasteiger partial charge in [0.25, 0.3) is 11.8 Å². The van der Waals surface area contributed by atoms with Crippen molar-refractivity contribution >= 4 is 23.2 Å². The molecule has 0 bridgehead atoms. The maximum absolute atomic E-state index is 13.0. The molecule has 5 nitrogen and oxygen atoms in total. The molecule has 0 aromatic heterocycles. The molecule has 0 aliphatic heterocycles. The van der Waals surface area contributed by atoms with E-state index in [4.69, 9.17) is 4.74 Å². The lowest BCUT2D eigenvalue weighted by atomic mass is 9.92. The predicted molar refractivity (Wildman–Crippen MR) is 139 cm³/mol. The van der Waals surface area contributed by atoms with E-state index in [0.29, 0.717) is 23.1 Å². The summed E-state index contributed by atoms with van der Waals surface area (Å²) >= 11 is 0. The van der Waals surface area contributed by atoms with E-state index in [1.165, 1.54) is 0 Å². The number of carbonyl (C=O) groups excluding carboxylic acids is 2. The van der Waals surface area contributed by atoms with Gasteiger partial charge in [-0.1, -0.05) is 58.0 Å². The topological polar surface area (TPSA) is 67.4 Å². The SMILES string of the molecule is Cc1ccc(C)c(NC(=O)COc2ccc(C(=O)Nc3c(C(C)C)cccc3C(C)C)cc2)c1. The molecular weight excluding hydrogens is 424 g/mol. The highest BCUT2D eigenvalue weighted by Crippen LogP contribution is 2.32. The average Bonchev–Trinajstić information content (AvgIpc) is 2.80. The van der Waals surface area contributed by atoms with Crippen LogP contribution in [0.15, 0.2) is 60.7 Å². The van der Waals surface area contributed by atoms with E-state index >= 15 is 0 Å². The fraction of sp³-hybridized carbons (Fsp3) is 0.310. The van der Waals surface area contributed by atoms with Gasteiger partial charge in [0.05, 0.1) is 0 Å². The minimum absolute atomic E-state index is 0.113. The molecule has 0 aliphatic rings. The third kappa shape index (κ3) is 6.25. The van der Waals surface area contributed by atoms with Crippen LogP contribution in [0.25, 0.3) is 0 Å². The van der Waals surface area contributed by atoms with Crippen LogP contribution in [0.3, 0.4) is 0 Å². The van der Waals surface area contributed by atoms with E-state index in [9.17, 15) is 9.59 Å². The summed E-state index contributed by atoms with van der Waals surface area (Å²) in [6.07, 6.45) is 0. The van der Waals surface area contributed by atoms with Crippen LogP contribution in [-0.4, -0.2) is 18.4 Å². The Bertz CT molecular complexity index is 1140. The number of rotatable bonds is 8. The first-order chi connectivity index (χ1) is 16.2.